The third kappa shape index (κ3) is 1.91. The van der Waals surface area contributed by atoms with Crippen LogP contribution in [0.3, 0.4) is 0 Å². The van der Waals surface area contributed by atoms with Gasteiger partial charge in [0.05, 0.1) is 12.3 Å². The highest BCUT2D eigenvalue weighted by molar-refractivity contribution is 5.80. The average molecular weight is 221 g/mol. The molecule has 6 heteroatoms. The summed E-state index contributed by atoms with van der Waals surface area (Å²) in [5, 5.41) is 10.4. The molecular formula is C10H15N5O. The van der Waals surface area contributed by atoms with E-state index in [4.69, 9.17) is 4.74 Å². The molecule has 0 amide bonds. The van der Waals surface area contributed by atoms with Gasteiger partial charge in [0.2, 0.25) is 11.8 Å². The SMILES string of the molecule is CCC(C)Oc1nc(NC)nc2[nH]ncc12. The Morgan fingerprint density at radius 1 is 1.50 bits per heavy atom. The Labute approximate surface area is 93.4 Å². The van der Waals surface area contributed by atoms with Gasteiger partial charge in [-0.2, -0.15) is 15.1 Å². The first-order chi connectivity index (χ1) is 7.74. The first-order valence-electron chi connectivity index (χ1n) is 5.30. The number of nitrogens with zero attached hydrogens (tertiary/aromatic N) is 3. The lowest BCUT2D eigenvalue weighted by Crippen LogP contribution is -2.12. The van der Waals surface area contributed by atoms with Gasteiger partial charge in [-0.1, -0.05) is 6.92 Å². The summed E-state index contributed by atoms with van der Waals surface area (Å²) in [7, 11) is 1.77. The Bertz CT molecular complexity index is 481. The Morgan fingerprint density at radius 3 is 3.00 bits per heavy atom. The second-order valence-electron chi connectivity index (χ2n) is 3.57. The maximum absolute atomic E-state index is 5.73. The maximum Gasteiger partial charge on any atom is 0.229 e. The van der Waals surface area contributed by atoms with Gasteiger partial charge in [-0.25, -0.2) is 0 Å². The van der Waals surface area contributed by atoms with Crippen molar-refractivity contribution in [1.29, 1.82) is 0 Å². The zero-order valence-corrected chi connectivity index (χ0v) is 9.61. The smallest absolute Gasteiger partial charge is 0.229 e. The fraction of sp³-hybridized carbons (Fsp3) is 0.500. The number of hydrogen-bond acceptors (Lipinski definition) is 5. The largest absolute Gasteiger partial charge is 0.474 e. The van der Waals surface area contributed by atoms with Gasteiger partial charge >= 0.3 is 0 Å². The van der Waals surface area contributed by atoms with E-state index in [1.807, 2.05) is 6.92 Å². The lowest BCUT2D eigenvalue weighted by atomic mass is 10.3. The molecule has 1 atom stereocenters. The molecule has 2 heterocycles. The summed E-state index contributed by atoms with van der Waals surface area (Å²) >= 11 is 0. The predicted molar refractivity (Wildman–Crippen MR) is 61.6 cm³/mol. The Hall–Kier alpha value is -1.85. The van der Waals surface area contributed by atoms with Crippen molar-refractivity contribution in [3.8, 4) is 5.88 Å². The van der Waals surface area contributed by atoms with Crippen LogP contribution in [0, 0.1) is 0 Å². The van der Waals surface area contributed by atoms with Crippen LogP contribution in [0.4, 0.5) is 5.95 Å². The Balaban J connectivity index is 2.44. The van der Waals surface area contributed by atoms with Crippen LogP contribution in [-0.4, -0.2) is 33.3 Å². The van der Waals surface area contributed by atoms with Gasteiger partial charge in [0.1, 0.15) is 5.39 Å². The zero-order valence-electron chi connectivity index (χ0n) is 9.61. The molecule has 2 rings (SSSR count). The third-order valence-corrected chi connectivity index (χ3v) is 2.39. The summed E-state index contributed by atoms with van der Waals surface area (Å²) in [5.74, 6) is 1.09. The van der Waals surface area contributed by atoms with E-state index in [-0.39, 0.29) is 6.10 Å². The summed E-state index contributed by atoms with van der Waals surface area (Å²) in [4.78, 5) is 8.50. The molecule has 0 saturated carbocycles. The molecule has 1 unspecified atom stereocenters. The number of H-pyrrole nitrogens is 1. The molecule has 6 nitrogen and oxygen atoms in total. The van der Waals surface area contributed by atoms with E-state index in [0.29, 0.717) is 17.5 Å². The van der Waals surface area contributed by atoms with Gasteiger partial charge in [-0.15, -0.1) is 0 Å². The quantitative estimate of drug-likeness (QED) is 0.819. The van der Waals surface area contributed by atoms with Gasteiger partial charge < -0.3 is 10.1 Å². The number of hydrogen-bond donors (Lipinski definition) is 2. The molecule has 0 aromatic carbocycles. The van der Waals surface area contributed by atoms with Crippen LogP contribution in [0.2, 0.25) is 0 Å². The highest BCUT2D eigenvalue weighted by Gasteiger charge is 2.12. The second-order valence-corrected chi connectivity index (χ2v) is 3.57. The zero-order chi connectivity index (χ0) is 11.5. The maximum atomic E-state index is 5.73. The summed E-state index contributed by atoms with van der Waals surface area (Å²) in [6.45, 7) is 4.07. The summed E-state index contributed by atoms with van der Waals surface area (Å²) in [6.07, 6.45) is 2.72. The molecule has 0 saturated heterocycles. The van der Waals surface area contributed by atoms with Crippen LogP contribution >= 0.6 is 0 Å². The molecule has 0 bridgehead atoms. The average Bonchev–Trinajstić information content (AvgIpc) is 2.76. The molecule has 2 aromatic rings. The van der Waals surface area contributed by atoms with E-state index >= 15 is 0 Å². The van der Waals surface area contributed by atoms with E-state index in [0.717, 1.165) is 11.8 Å². The van der Waals surface area contributed by atoms with Gasteiger partial charge in [-0.3, -0.25) is 5.10 Å². The lowest BCUT2D eigenvalue weighted by molar-refractivity contribution is 0.212. The van der Waals surface area contributed by atoms with E-state index < -0.39 is 0 Å². The molecule has 2 aromatic heterocycles. The molecule has 0 aliphatic carbocycles. The van der Waals surface area contributed by atoms with Gasteiger partial charge in [0.15, 0.2) is 5.65 Å². The summed E-state index contributed by atoms with van der Waals surface area (Å²) in [5.41, 5.74) is 0.678. The molecule has 0 aliphatic heterocycles. The highest BCUT2D eigenvalue weighted by atomic mass is 16.5. The molecule has 0 aliphatic rings. The van der Waals surface area contributed by atoms with Crippen LogP contribution in [0.5, 0.6) is 5.88 Å². The van der Waals surface area contributed by atoms with Crippen molar-refractivity contribution in [3.05, 3.63) is 6.20 Å². The number of fused-ring (bicyclic) bond motifs is 1. The molecule has 86 valence electrons. The van der Waals surface area contributed by atoms with Gasteiger partial charge in [0, 0.05) is 7.05 Å². The number of nitrogens with one attached hydrogen (secondary N) is 2. The minimum absolute atomic E-state index is 0.123. The van der Waals surface area contributed by atoms with Crippen molar-refractivity contribution in [3.63, 3.8) is 0 Å². The number of aromatic nitrogens is 4. The molecule has 2 N–H and O–H groups in total. The van der Waals surface area contributed by atoms with Crippen LogP contribution in [-0.2, 0) is 0 Å². The highest BCUT2D eigenvalue weighted by Crippen LogP contribution is 2.23. The molecule has 0 spiro atoms. The van der Waals surface area contributed by atoms with Crippen LogP contribution in [0.25, 0.3) is 11.0 Å². The van der Waals surface area contributed by atoms with Gasteiger partial charge in [0.25, 0.3) is 0 Å². The van der Waals surface area contributed by atoms with E-state index in [1.165, 1.54) is 0 Å². The first kappa shape index (κ1) is 10.7. The number of ether oxygens (including phenoxy) is 1. The fourth-order valence-electron chi connectivity index (χ4n) is 1.28. The minimum atomic E-state index is 0.123. The second kappa shape index (κ2) is 4.34. The van der Waals surface area contributed by atoms with E-state index in [9.17, 15) is 0 Å². The van der Waals surface area contributed by atoms with E-state index in [1.54, 1.807) is 13.2 Å². The summed E-state index contributed by atoms with van der Waals surface area (Å²) in [6, 6.07) is 0. The topological polar surface area (TPSA) is 75.7 Å². The number of rotatable bonds is 4. The molecular weight excluding hydrogens is 206 g/mol. The van der Waals surface area contributed by atoms with Crippen molar-refractivity contribution in [2.75, 3.05) is 12.4 Å². The molecule has 0 radical (unpaired) electrons. The van der Waals surface area contributed by atoms with Gasteiger partial charge in [-0.05, 0) is 13.3 Å². The predicted octanol–water partition coefficient (Wildman–Crippen LogP) is 1.57. The van der Waals surface area contributed by atoms with Crippen molar-refractivity contribution >= 4 is 17.0 Å². The molecule has 0 fully saturated rings. The Kier molecular flexibility index (Phi) is 2.89. The van der Waals surface area contributed by atoms with Crippen molar-refractivity contribution in [2.24, 2.45) is 0 Å². The monoisotopic (exact) mass is 221 g/mol. The van der Waals surface area contributed by atoms with E-state index in [2.05, 4.69) is 32.4 Å². The standard InChI is InChI=1S/C10H15N5O/c1-4-6(2)16-9-7-5-12-15-8(7)13-10(11-3)14-9/h5-6H,4H2,1-3H3,(H2,11,12,13,14,15). The number of anilines is 1. The number of aromatic amines is 1. The van der Waals surface area contributed by atoms with Crippen molar-refractivity contribution in [2.45, 2.75) is 26.4 Å². The third-order valence-electron chi connectivity index (χ3n) is 2.39. The first-order valence-corrected chi connectivity index (χ1v) is 5.30. The van der Waals surface area contributed by atoms with Crippen molar-refractivity contribution in [1.82, 2.24) is 20.2 Å². The fourth-order valence-corrected chi connectivity index (χ4v) is 1.28. The Morgan fingerprint density at radius 2 is 2.31 bits per heavy atom. The minimum Gasteiger partial charge on any atom is -0.474 e. The lowest BCUT2D eigenvalue weighted by Gasteiger charge is -2.12. The van der Waals surface area contributed by atoms with Crippen LogP contribution in [0.15, 0.2) is 6.20 Å². The molecule has 16 heavy (non-hydrogen) atoms. The van der Waals surface area contributed by atoms with Crippen LogP contribution in [0.1, 0.15) is 20.3 Å². The van der Waals surface area contributed by atoms with Crippen LogP contribution < -0.4 is 10.1 Å². The normalized spacial score (nSPS) is 12.7. The van der Waals surface area contributed by atoms with Crippen molar-refractivity contribution < 1.29 is 4.74 Å². The summed E-state index contributed by atoms with van der Waals surface area (Å²) < 4.78 is 5.73.